The van der Waals surface area contributed by atoms with Gasteiger partial charge in [0.2, 0.25) is 5.91 Å². The molecule has 7 rings (SSSR count). The van der Waals surface area contributed by atoms with Crippen molar-refractivity contribution in [3.8, 4) is 11.3 Å². The number of nitrogens with one attached hydrogen (secondary N) is 1. The summed E-state index contributed by atoms with van der Waals surface area (Å²) in [6.07, 6.45) is -5.14. The van der Waals surface area contributed by atoms with Crippen LogP contribution >= 0.6 is 0 Å². The molecule has 2 aliphatic heterocycles. The number of fused-ring (bicyclic) bond motifs is 1. The van der Waals surface area contributed by atoms with E-state index in [0.29, 0.717) is 16.9 Å². The van der Waals surface area contributed by atoms with Gasteiger partial charge in [0.15, 0.2) is 0 Å². The molecule has 2 aliphatic carbocycles. The molecule has 2 saturated carbocycles. The van der Waals surface area contributed by atoms with E-state index < -0.39 is 68.2 Å². The van der Waals surface area contributed by atoms with Crippen LogP contribution in [0.4, 0.5) is 26.3 Å². The van der Waals surface area contributed by atoms with Gasteiger partial charge in [-0.3, -0.25) is 24.5 Å². The summed E-state index contributed by atoms with van der Waals surface area (Å²) < 4.78 is 82.0. The van der Waals surface area contributed by atoms with Crippen molar-refractivity contribution in [1.29, 1.82) is 0 Å². The molecule has 0 spiro atoms. The van der Waals surface area contributed by atoms with Gasteiger partial charge in [-0.1, -0.05) is 42.5 Å². The molecule has 0 bridgehead atoms. The molecule has 0 unspecified atom stereocenters. The van der Waals surface area contributed by atoms with E-state index in [1.165, 1.54) is 18.4 Å². The monoisotopic (exact) mass is 731 g/mol. The molecule has 0 radical (unpaired) electrons. The van der Waals surface area contributed by atoms with E-state index in [2.05, 4.69) is 21.2 Å². The fourth-order valence-corrected chi connectivity index (χ4v) is 7.99. The van der Waals surface area contributed by atoms with Crippen LogP contribution in [0.3, 0.4) is 0 Å². The average molecular weight is 732 g/mol. The molecule has 3 aromatic rings. The van der Waals surface area contributed by atoms with Gasteiger partial charge in [0.25, 0.3) is 0 Å². The highest BCUT2D eigenvalue weighted by molar-refractivity contribution is 5.99. The number of likely N-dealkylation sites (tertiary alicyclic amines) is 1. The third-order valence-corrected chi connectivity index (χ3v) is 11.3. The van der Waals surface area contributed by atoms with Crippen LogP contribution in [-0.4, -0.2) is 107 Å². The van der Waals surface area contributed by atoms with Gasteiger partial charge in [0, 0.05) is 56.9 Å². The Morgan fingerprint density at radius 1 is 0.885 bits per heavy atom. The van der Waals surface area contributed by atoms with Gasteiger partial charge in [-0.05, 0) is 85.0 Å². The second-order valence-electron chi connectivity index (χ2n) is 15.0. The molecule has 14 heteroatoms. The number of aromatic nitrogens is 1. The maximum atomic E-state index is 14.4. The molecule has 8 nitrogen and oxygen atoms in total. The van der Waals surface area contributed by atoms with E-state index in [1.54, 1.807) is 12.1 Å². The third-order valence-electron chi connectivity index (χ3n) is 11.3. The van der Waals surface area contributed by atoms with Crippen LogP contribution < -0.4 is 5.32 Å². The molecule has 280 valence electrons. The number of benzene rings is 2. The summed E-state index contributed by atoms with van der Waals surface area (Å²) in [5.41, 5.74) is 1.55. The second-order valence-corrected chi connectivity index (χ2v) is 15.0. The first kappa shape index (κ1) is 36.6. The summed E-state index contributed by atoms with van der Waals surface area (Å²) in [5, 5.41) is 13.7. The lowest BCUT2D eigenvalue weighted by molar-refractivity contribution is -0.236. The fourth-order valence-electron chi connectivity index (χ4n) is 7.99. The van der Waals surface area contributed by atoms with Crippen molar-refractivity contribution in [1.82, 2.24) is 25.0 Å². The quantitative estimate of drug-likeness (QED) is 0.222. The van der Waals surface area contributed by atoms with Crippen LogP contribution in [0.5, 0.6) is 0 Å². The number of carbonyl (C=O) groups excluding carboxylic acids is 1. The SMILES string of the molecule is O=C(O)[C@H](Cc1cccc2c(-c3ncc(CN4CCN(C5CC5)CC4)cc3C3CC3)cccc12)NC(=O)C1(C(F)(F)F)CCN(CC(F)(F)F)CC1. The van der Waals surface area contributed by atoms with Crippen LogP contribution in [-0.2, 0) is 22.6 Å². The highest BCUT2D eigenvalue weighted by Gasteiger charge is 2.61. The summed E-state index contributed by atoms with van der Waals surface area (Å²) in [6.45, 7) is 2.46. The van der Waals surface area contributed by atoms with Gasteiger partial charge >= 0.3 is 18.3 Å². The first-order valence-electron chi connectivity index (χ1n) is 18.1. The van der Waals surface area contributed by atoms with E-state index in [0.717, 1.165) is 78.7 Å². The van der Waals surface area contributed by atoms with Gasteiger partial charge < -0.3 is 10.4 Å². The molecule has 1 atom stereocenters. The molecule has 4 fully saturated rings. The summed E-state index contributed by atoms with van der Waals surface area (Å²) in [6, 6.07) is 12.3. The van der Waals surface area contributed by atoms with E-state index >= 15 is 0 Å². The van der Waals surface area contributed by atoms with Crippen LogP contribution in [0.2, 0.25) is 0 Å². The highest BCUT2D eigenvalue weighted by Crippen LogP contribution is 2.48. The Morgan fingerprint density at radius 2 is 1.56 bits per heavy atom. The van der Waals surface area contributed by atoms with Crippen molar-refractivity contribution in [3.05, 3.63) is 65.4 Å². The predicted molar refractivity (Wildman–Crippen MR) is 183 cm³/mol. The lowest BCUT2D eigenvalue weighted by atomic mass is 9.76. The zero-order chi connectivity index (χ0) is 36.8. The third kappa shape index (κ3) is 7.93. The topological polar surface area (TPSA) is 89.0 Å². The summed E-state index contributed by atoms with van der Waals surface area (Å²) in [5.74, 6) is -2.67. The molecular weight excluding hydrogens is 688 g/mol. The Bertz CT molecular complexity index is 1790. The number of pyridine rings is 1. The van der Waals surface area contributed by atoms with Crippen LogP contribution in [0.1, 0.15) is 61.1 Å². The van der Waals surface area contributed by atoms with Crippen LogP contribution in [0.25, 0.3) is 22.0 Å². The lowest BCUT2D eigenvalue weighted by Gasteiger charge is -2.42. The van der Waals surface area contributed by atoms with Gasteiger partial charge in [0.05, 0.1) is 12.2 Å². The Morgan fingerprint density at radius 3 is 2.17 bits per heavy atom. The van der Waals surface area contributed by atoms with Crippen molar-refractivity contribution < 1.29 is 41.0 Å². The number of nitrogens with zero attached hydrogens (tertiary/aromatic N) is 4. The van der Waals surface area contributed by atoms with E-state index in [4.69, 9.17) is 4.98 Å². The van der Waals surface area contributed by atoms with Crippen molar-refractivity contribution in [2.75, 3.05) is 45.8 Å². The van der Waals surface area contributed by atoms with Gasteiger partial charge in [-0.2, -0.15) is 26.3 Å². The van der Waals surface area contributed by atoms with E-state index in [1.807, 2.05) is 30.5 Å². The minimum absolute atomic E-state index is 0.300. The predicted octanol–water partition coefficient (Wildman–Crippen LogP) is 6.38. The van der Waals surface area contributed by atoms with E-state index in [-0.39, 0.29) is 6.42 Å². The Balaban J connectivity index is 1.10. The molecule has 52 heavy (non-hydrogen) atoms. The normalized spacial score (nSPS) is 21.3. The van der Waals surface area contributed by atoms with Crippen molar-refractivity contribution in [2.24, 2.45) is 5.41 Å². The van der Waals surface area contributed by atoms with Crippen LogP contribution in [0, 0.1) is 5.41 Å². The number of piperidine rings is 1. The first-order valence-corrected chi connectivity index (χ1v) is 18.1. The number of halogens is 6. The fraction of sp³-hybridized carbons (Fsp3) is 0.553. The maximum Gasteiger partial charge on any atom is 0.403 e. The largest absolute Gasteiger partial charge is 0.480 e. The standard InChI is InChI=1S/C38H43F6N5O3/c39-37(40,41)23-48-13-11-36(12-14-48,38(42,43)44)35(52)46-32(34(50)51)20-26-3-1-5-29-28(26)4-2-6-30(29)33-31(25-7-8-25)19-24(21-45-33)22-47-15-17-49(18-16-47)27-9-10-27/h1-6,19,21,25,27,32H,7-18,20,22-23H2,(H,46,52)(H,50,51)/t32-/m0/s1. The Labute approximate surface area is 298 Å². The Kier molecular flexibility index (Phi) is 10.0. The number of carboxylic acids is 1. The zero-order valence-corrected chi connectivity index (χ0v) is 28.8. The van der Waals surface area contributed by atoms with Crippen molar-refractivity contribution >= 4 is 22.6 Å². The number of carboxylic acid groups (broad SMARTS) is 1. The zero-order valence-electron chi connectivity index (χ0n) is 28.8. The number of hydrogen-bond acceptors (Lipinski definition) is 6. The molecule has 4 aliphatic rings. The smallest absolute Gasteiger partial charge is 0.403 e. The van der Waals surface area contributed by atoms with E-state index in [9.17, 15) is 41.0 Å². The van der Waals surface area contributed by atoms with Gasteiger partial charge in [-0.15, -0.1) is 0 Å². The molecule has 2 N–H and O–H groups in total. The second kappa shape index (κ2) is 14.2. The minimum atomic E-state index is -5.09. The summed E-state index contributed by atoms with van der Waals surface area (Å²) in [4.78, 5) is 36.6. The number of aliphatic carboxylic acids is 1. The molecule has 3 heterocycles. The van der Waals surface area contributed by atoms with Gasteiger partial charge in [-0.25, -0.2) is 4.79 Å². The number of alkyl halides is 6. The minimum Gasteiger partial charge on any atom is -0.480 e. The summed E-state index contributed by atoms with van der Waals surface area (Å²) >= 11 is 0. The maximum absolute atomic E-state index is 14.4. The van der Waals surface area contributed by atoms with Crippen molar-refractivity contribution in [2.45, 2.75) is 81.8 Å². The number of hydrogen-bond donors (Lipinski definition) is 2. The average Bonchev–Trinajstić information content (AvgIpc) is 4.02. The van der Waals surface area contributed by atoms with Crippen LogP contribution in [0.15, 0.2) is 48.7 Å². The molecular formula is C38H43F6N5O3. The number of piperazine rings is 1. The molecule has 1 aromatic heterocycles. The number of rotatable bonds is 11. The molecule has 1 amide bonds. The molecule has 2 aromatic carbocycles. The lowest BCUT2D eigenvalue weighted by Crippen LogP contribution is -2.59. The molecule has 2 saturated heterocycles. The summed E-state index contributed by atoms with van der Waals surface area (Å²) in [7, 11) is 0. The Hall–Kier alpha value is -3.75. The van der Waals surface area contributed by atoms with Gasteiger partial charge in [0.1, 0.15) is 11.5 Å². The highest BCUT2D eigenvalue weighted by atomic mass is 19.4. The first-order chi connectivity index (χ1) is 24.7. The van der Waals surface area contributed by atoms with Crippen molar-refractivity contribution in [3.63, 3.8) is 0 Å². The number of carbonyl (C=O) groups is 2. The number of amides is 1.